The molecule has 0 aromatic heterocycles. The molecule has 0 radical (unpaired) electrons. The van der Waals surface area contributed by atoms with Crippen molar-refractivity contribution >= 4 is 0 Å². The Hall–Kier alpha value is -2.42. The van der Waals surface area contributed by atoms with Crippen molar-refractivity contribution in [2.45, 2.75) is 19.3 Å². The highest BCUT2D eigenvalue weighted by Gasteiger charge is 2.16. The first-order valence-corrected chi connectivity index (χ1v) is 6.67. The summed E-state index contributed by atoms with van der Waals surface area (Å²) >= 11 is 0. The van der Waals surface area contributed by atoms with E-state index in [0.717, 1.165) is 11.1 Å². The summed E-state index contributed by atoms with van der Waals surface area (Å²) in [5.74, 6) is -0.0854. The zero-order valence-electron chi connectivity index (χ0n) is 11.4. The van der Waals surface area contributed by atoms with E-state index in [4.69, 9.17) is 0 Å². The van der Waals surface area contributed by atoms with Crippen LogP contribution in [0.1, 0.15) is 30.4 Å². The van der Waals surface area contributed by atoms with Crippen molar-refractivity contribution < 1.29 is 4.92 Å². The van der Waals surface area contributed by atoms with Crippen LogP contribution in [0.3, 0.4) is 0 Å². The summed E-state index contributed by atoms with van der Waals surface area (Å²) in [5.41, 5.74) is 2.38. The first kappa shape index (κ1) is 14.0. The van der Waals surface area contributed by atoms with E-state index in [1.54, 1.807) is 6.08 Å². The number of hydrogen-bond acceptors (Lipinski definition) is 2. The van der Waals surface area contributed by atoms with E-state index in [1.807, 2.05) is 67.6 Å². The van der Waals surface area contributed by atoms with Crippen LogP contribution in [0.2, 0.25) is 0 Å². The monoisotopic (exact) mass is 267 g/mol. The molecule has 20 heavy (non-hydrogen) atoms. The van der Waals surface area contributed by atoms with Crippen molar-refractivity contribution in [1.82, 2.24) is 0 Å². The molecule has 2 aromatic carbocycles. The molecule has 0 bridgehead atoms. The molecule has 0 aliphatic rings. The summed E-state index contributed by atoms with van der Waals surface area (Å²) < 4.78 is 0. The Bertz CT molecular complexity index is 551. The van der Waals surface area contributed by atoms with Gasteiger partial charge in [-0.2, -0.15) is 0 Å². The highest BCUT2D eigenvalue weighted by molar-refractivity contribution is 5.37. The van der Waals surface area contributed by atoms with Crippen LogP contribution in [0.4, 0.5) is 0 Å². The Balaban J connectivity index is 2.48. The molecule has 0 aliphatic carbocycles. The molecule has 3 nitrogen and oxygen atoms in total. The lowest BCUT2D eigenvalue weighted by Gasteiger charge is -2.13. The minimum atomic E-state index is -0.293. The number of allylic oxidation sites excluding steroid dienone is 2. The van der Waals surface area contributed by atoms with E-state index in [2.05, 4.69) is 0 Å². The first-order valence-electron chi connectivity index (χ1n) is 6.67. The Morgan fingerprint density at radius 2 is 1.50 bits per heavy atom. The fourth-order valence-electron chi connectivity index (χ4n) is 2.21. The molecule has 0 spiro atoms. The SMILES string of the molecule is CC/C(=C/C(c1ccccc1)c1ccccc1)[N+](=O)[O-]. The highest BCUT2D eigenvalue weighted by atomic mass is 16.6. The predicted molar refractivity (Wildman–Crippen MR) is 80.1 cm³/mol. The van der Waals surface area contributed by atoms with Crippen molar-refractivity contribution in [2.75, 3.05) is 0 Å². The number of nitro groups is 1. The normalized spacial score (nSPS) is 11.6. The second-order valence-corrected chi connectivity index (χ2v) is 4.57. The van der Waals surface area contributed by atoms with E-state index in [-0.39, 0.29) is 16.5 Å². The van der Waals surface area contributed by atoms with Crippen LogP contribution in [0, 0.1) is 10.1 Å². The lowest BCUT2D eigenvalue weighted by atomic mass is 9.90. The quantitative estimate of drug-likeness (QED) is 0.595. The van der Waals surface area contributed by atoms with Crippen LogP contribution >= 0.6 is 0 Å². The Morgan fingerprint density at radius 3 is 1.85 bits per heavy atom. The molecular formula is C17H17NO2. The van der Waals surface area contributed by atoms with Crippen molar-refractivity contribution in [1.29, 1.82) is 0 Å². The fourth-order valence-corrected chi connectivity index (χ4v) is 2.21. The van der Waals surface area contributed by atoms with E-state index < -0.39 is 0 Å². The molecule has 0 fully saturated rings. The van der Waals surface area contributed by atoms with Crippen molar-refractivity contribution in [3.05, 3.63) is 93.7 Å². The van der Waals surface area contributed by atoms with Gasteiger partial charge in [0.2, 0.25) is 5.70 Å². The van der Waals surface area contributed by atoms with Crippen LogP contribution < -0.4 is 0 Å². The third-order valence-electron chi connectivity index (χ3n) is 3.27. The Kier molecular flexibility index (Phi) is 4.66. The maximum atomic E-state index is 11.1. The van der Waals surface area contributed by atoms with Gasteiger partial charge in [-0.15, -0.1) is 0 Å². The zero-order chi connectivity index (χ0) is 14.4. The van der Waals surface area contributed by atoms with Gasteiger partial charge in [0, 0.05) is 18.4 Å². The van der Waals surface area contributed by atoms with Gasteiger partial charge in [-0.1, -0.05) is 67.6 Å². The number of rotatable bonds is 5. The lowest BCUT2D eigenvalue weighted by Crippen LogP contribution is -2.04. The lowest BCUT2D eigenvalue weighted by molar-refractivity contribution is -0.427. The van der Waals surface area contributed by atoms with Gasteiger partial charge in [-0.05, 0) is 11.1 Å². The Morgan fingerprint density at radius 1 is 1.05 bits per heavy atom. The van der Waals surface area contributed by atoms with Gasteiger partial charge >= 0.3 is 0 Å². The second kappa shape index (κ2) is 6.66. The standard InChI is InChI=1S/C17H17NO2/c1-2-16(18(19)20)13-17(14-9-5-3-6-10-14)15-11-7-4-8-12-15/h3-13,17H,2H2,1H3/b16-13-. The number of hydrogen-bond donors (Lipinski definition) is 0. The largest absolute Gasteiger partial charge is 0.259 e. The molecule has 0 amide bonds. The summed E-state index contributed by atoms with van der Waals surface area (Å²) in [6.45, 7) is 1.81. The van der Waals surface area contributed by atoms with Crippen LogP contribution in [0.15, 0.2) is 72.4 Å². The minimum absolute atomic E-state index is 0.0854. The number of benzene rings is 2. The molecule has 2 rings (SSSR count). The van der Waals surface area contributed by atoms with Gasteiger partial charge in [0.05, 0.1) is 4.92 Å². The molecule has 0 saturated heterocycles. The average Bonchev–Trinajstić information content (AvgIpc) is 2.50. The molecule has 102 valence electrons. The van der Waals surface area contributed by atoms with Gasteiger partial charge in [0.1, 0.15) is 0 Å². The smallest absolute Gasteiger partial charge is 0.242 e. The van der Waals surface area contributed by atoms with Gasteiger partial charge < -0.3 is 0 Å². The molecule has 3 heteroatoms. The second-order valence-electron chi connectivity index (χ2n) is 4.57. The van der Waals surface area contributed by atoms with Crippen molar-refractivity contribution in [3.8, 4) is 0 Å². The van der Waals surface area contributed by atoms with Gasteiger partial charge in [-0.25, -0.2) is 0 Å². The van der Waals surface area contributed by atoms with E-state index >= 15 is 0 Å². The third kappa shape index (κ3) is 3.32. The van der Waals surface area contributed by atoms with E-state index in [1.165, 1.54) is 0 Å². The molecule has 0 aliphatic heterocycles. The predicted octanol–water partition coefficient (Wildman–Crippen LogP) is 4.39. The molecular weight excluding hydrogens is 250 g/mol. The maximum Gasteiger partial charge on any atom is 0.242 e. The maximum absolute atomic E-state index is 11.1. The highest BCUT2D eigenvalue weighted by Crippen LogP contribution is 2.27. The third-order valence-corrected chi connectivity index (χ3v) is 3.27. The fraction of sp³-hybridized carbons (Fsp3) is 0.176. The molecule has 0 heterocycles. The summed E-state index contributed by atoms with van der Waals surface area (Å²) in [6, 6.07) is 19.7. The first-order chi connectivity index (χ1) is 9.72. The number of nitrogens with zero attached hydrogens (tertiary/aromatic N) is 1. The van der Waals surface area contributed by atoms with Crippen LogP contribution in [-0.2, 0) is 0 Å². The van der Waals surface area contributed by atoms with Crippen molar-refractivity contribution in [3.63, 3.8) is 0 Å². The van der Waals surface area contributed by atoms with Gasteiger partial charge in [-0.3, -0.25) is 10.1 Å². The molecule has 0 unspecified atom stereocenters. The molecule has 2 aromatic rings. The summed E-state index contributed by atoms with van der Waals surface area (Å²) in [7, 11) is 0. The molecule has 0 atom stereocenters. The van der Waals surface area contributed by atoms with E-state index in [0.29, 0.717) is 6.42 Å². The van der Waals surface area contributed by atoms with Gasteiger partial charge in [0.25, 0.3) is 0 Å². The summed E-state index contributed by atoms with van der Waals surface area (Å²) in [5, 5.41) is 11.1. The topological polar surface area (TPSA) is 43.1 Å². The minimum Gasteiger partial charge on any atom is -0.259 e. The molecule has 0 N–H and O–H groups in total. The Labute approximate surface area is 118 Å². The van der Waals surface area contributed by atoms with Crippen LogP contribution in [0.25, 0.3) is 0 Å². The zero-order valence-corrected chi connectivity index (χ0v) is 11.4. The summed E-state index contributed by atoms with van der Waals surface area (Å²) in [6.07, 6.45) is 2.17. The van der Waals surface area contributed by atoms with Gasteiger partial charge in [0.15, 0.2) is 0 Å². The van der Waals surface area contributed by atoms with Crippen LogP contribution in [-0.4, -0.2) is 4.92 Å². The van der Waals surface area contributed by atoms with E-state index in [9.17, 15) is 10.1 Å². The summed E-state index contributed by atoms with van der Waals surface area (Å²) in [4.78, 5) is 10.8. The van der Waals surface area contributed by atoms with Crippen LogP contribution in [0.5, 0.6) is 0 Å². The molecule has 0 saturated carbocycles. The van der Waals surface area contributed by atoms with Crippen molar-refractivity contribution in [2.24, 2.45) is 0 Å². The average molecular weight is 267 g/mol.